The summed E-state index contributed by atoms with van der Waals surface area (Å²) in [5.74, 6) is 1.60. The minimum atomic E-state index is -0.0193. The molecule has 6 heteroatoms. The summed E-state index contributed by atoms with van der Waals surface area (Å²) in [7, 11) is 3.88. The Morgan fingerprint density at radius 1 is 1.36 bits per heavy atom. The van der Waals surface area contributed by atoms with Gasteiger partial charge in [-0.15, -0.1) is 0 Å². The third-order valence-corrected chi connectivity index (χ3v) is 5.42. The van der Waals surface area contributed by atoms with Gasteiger partial charge in [-0.25, -0.2) is 0 Å². The summed E-state index contributed by atoms with van der Waals surface area (Å²) in [4.78, 5) is 18.9. The highest BCUT2D eigenvalue weighted by Gasteiger charge is 2.15. The molecule has 1 amide bonds. The molecule has 1 saturated heterocycles. The number of hydrogen-bond acceptors (Lipinski definition) is 3. The van der Waals surface area contributed by atoms with Crippen LogP contribution in [0.25, 0.3) is 0 Å². The lowest BCUT2D eigenvalue weighted by Gasteiger charge is -2.27. The van der Waals surface area contributed by atoms with Gasteiger partial charge in [-0.3, -0.25) is 9.79 Å². The van der Waals surface area contributed by atoms with E-state index >= 15 is 0 Å². The van der Waals surface area contributed by atoms with Gasteiger partial charge < -0.3 is 20.3 Å². The Kier molecular flexibility index (Phi) is 9.28. The quantitative estimate of drug-likeness (QED) is 0.531. The van der Waals surface area contributed by atoms with Gasteiger partial charge in [0.25, 0.3) is 5.91 Å². The van der Waals surface area contributed by atoms with E-state index in [4.69, 9.17) is 4.74 Å². The van der Waals surface area contributed by atoms with Crippen molar-refractivity contribution in [2.45, 2.75) is 52.1 Å². The van der Waals surface area contributed by atoms with Gasteiger partial charge in [-0.1, -0.05) is 19.1 Å². The Bertz CT molecular complexity index is 641. The third-order valence-electron chi connectivity index (χ3n) is 5.42. The Hall–Kier alpha value is -2.08. The van der Waals surface area contributed by atoms with Crippen molar-refractivity contribution >= 4 is 11.9 Å². The smallest absolute Gasteiger partial charge is 0.251 e. The molecule has 1 aromatic rings. The van der Waals surface area contributed by atoms with Gasteiger partial charge in [0.15, 0.2) is 5.96 Å². The zero-order valence-electron chi connectivity index (χ0n) is 17.8. The molecule has 1 aliphatic rings. The maximum Gasteiger partial charge on any atom is 0.251 e. The summed E-state index contributed by atoms with van der Waals surface area (Å²) in [6, 6.07) is 7.94. The topological polar surface area (TPSA) is 66.0 Å². The Labute approximate surface area is 169 Å². The van der Waals surface area contributed by atoms with Crippen LogP contribution in [0.1, 0.15) is 55.5 Å². The van der Waals surface area contributed by atoms with Crippen LogP contribution in [0.5, 0.6) is 0 Å². The number of hydrogen-bond donors (Lipinski definition) is 2. The fourth-order valence-corrected chi connectivity index (χ4v) is 3.31. The summed E-state index contributed by atoms with van der Waals surface area (Å²) in [5.41, 5.74) is 1.76. The SMILES string of the molecule is CCC(C)NC(=O)c1cccc(CNC(=NC)N(C)CCC2CCOCC2)c1. The second-order valence-corrected chi connectivity index (χ2v) is 7.65. The first-order chi connectivity index (χ1) is 13.5. The van der Waals surface area contributed by atoms with Crippen LogP contribution in [0, 0.1) is 5.92 Å². The molecule has 6 nitrogen and oxygen atoms in total. The number of amides is 1. The van der Waals surface area contributed by atoms with Crippen molar-refractivity contribution in [1.82, 2.24) is 15.5 Å². The van der Waals surface area contributed by atoms with Crippen molar-refractivity contribution in [2.75, 3.05) is 33.9 Å². The van der Waals surface area contributed by atoms with E-state index in [9.17, 15) is 4.79 Å². The maximum atomic E-state index is 12.3. The van der Waals surface area contributed by atoms with Crippen molar-refractivity contribution in [3.63, 3.8) is 0 Å². The van der Waals surface area contributed by atoms with Gasteiger partial charge in [0.1, 0.15) is 0 Å². The summed E-state index contributed by atoms with van der Waals surface area (Å²) >= 11 is 0. The van der Waals surface area contributed by atoms with Crippen molar-refractivity contribution in [1.29, 1.82) is 0 Å². The third kappa shape index (κ3) is 7.15. The maximum absolute atomic E-state index is 12.3. The Morgan fingerprint density at radius 2 is 2.11 bits per heavy atom. The molecule has 156 valence electrons. The number of benzene rings is 1. The normalized spacial score (nSPS) is 16.5. The van der Waals surface area contributed by atoms with Crippen molar-refractivity contribution in [3.8, 4) is 0 Å². The van der Waals surface area contributed by atoms with Gasteiger partial charge in [-0.05, 0) is 56.2 Å². The standard InChI is InChI=1S/C22H36N4O2/c1-5-17(2)25-21(27)20-8-6-7-19(15-20)16-24-22(23-3)26(4)12-9-18-10-13-28-14-11-18/h6-8,15,17-18H,5,9-14,16H2,1-4H3,(H,23,24)(H,25,27). The van der Waals surface area contributed by atoms with Gasteiger partial charge >= 0.3 is 0 Å². The zero-order chi connectivity index (χ0) is 20.4. The van der Waals surface area contributed by atoms with Crippen molar-refractivity contribution in [3.05, 3.63) is 35.4 Å². The van der Waals surface area contributed by atoms with Gasteiger partial charge in [-0.2, -0.15) is 0 Å². The number of ether oxygens (including phenoxy) is 1. The van der Waals surface area contributed by atoms with Crippen LogP contribution < -0.4 is 10.6 Å². The monoisotopic (exact) mass is 388 g/mol. The zero-order valence-corrected chi connectivity index (χ0v) is 17.8. The fraction of sp³-hybridized carbons (Fsp3) is 0.636. The summed E-state index contributed by atoms with van der Waals surface area (Å²) in [6.07, 6.45) is 4.39. The molecular formula is C22H36N4O2. The summed E-state index contributed by atoms with van der Waals surface area (Å²) in [6.45, 7) is 7.48. The lowest BCUT2D eigenvalue weighted by atomic mass is 9.96. The fourth-order valence-electron chi connectivity index (χ4n) is 3.31. The molecule has 0 spiro atoms. The summed E-state index contributed by atoms with van der Waals surface area (Å²) < 4.78 is 5.44. The first-order valence-electron chi connectivity index (χ1n) is 10.4. The van der Waals surface area contributed by atoms with Crippen LogP contribution in [-0.2, 0) is 11.3 Å². The number of aliphatic imine (C=N–C) groups is 1. The van der Waals surface area contributed by atoms with E-state index in [0.717, 1.165) is 62.9 Å². The number of carbonyl (C=O) groups is 1. The predicted octanol–water partition coefficient (Wildman–Crippen LogP) is 3.04. The van der Waals surface area contributed by atoms with Crippen LogP contribution >= 0.6 is 0 Å². The first kappa shape index (κ1) is 22.2. The molecule has 1 fully saturated rings. The molecule has 0 aliphatic carbocycles. The van der Waals surface area contributed by atoms with E-state index in [0.29, 0.717) is 12.1 Å². The second-order valence-electron chi connectivity index (χ2n) is 7.65. The molecule has 0 bridgehead atoms. The molecular weight excluding hydrogens is 352 g/mol. The van der Waals surface area contributed by atoms with E-state index in [2.05, 4.69) is 34.5 Å². The molecule has 1 unspecified atom stereocenters. The minimum absolute atomic E-state index is 0.0193. The van der Waals surface area contributed by atoms with Gasteiger partial charge in [0.05, 0.1) is 0 Å². The first-order valence-corrected chi connectivity index (χ1v) is 10.4. The van der Waals surface area contributed by atoms with Gasteiger partial charge in [0, 0.05) is 52.0 Å². The molecule has 0 saturated carbocycles. The molecule has 0 radical (unpaired) electrons. The highest BCUT2D eigenvalue weighted by Crippen LogP contribution is 2.18. The van der Waals surface area contributed by atoms with E-state index in [1.165, 1.54) is 0 Å². The number of guanidine groups is 1. The lowest BCUT2D eigenvalue weighted by molar-refractivity contribution is 0.0625. The number of nitrogens with one attached hydrogen (secondary N) is 2. The molecule has 1 atom stereocenters. The molecule has 1 aliphatic heterocycles. The molecule has 28 heavy (non-hydrogen) atoms. The molecule has 2 rings (SSSR count). The van der Waals surface area contributed by atoms with E-state index in [1.807, 2.05) is 38.2 Å². The van der Waals surface area contributed by atoms with Crippen LogP contribution in [-0.4, -0.2) is 56.7 Å². The van der Waals surface area contributed by atoms with Crippen molar-refractivity contribution in [2.24, 2.45) is 10.9 Å². The van der Waals surface area contributed by atoms with Crippen LogP contribution in [0.15, 0.2) is 29.3 Å². The van der Waals surface area contributed by atoms with Crippen LogP contribution in [0.3, 0.4) is 0 Å². The van der Waals surface area contributed by atoms with Crippen LogP contribution in [0.2, 0.25) is 0 Å². The molecule has 1 heterocycles. The van der Waals surface area contributed by atoms with Gasteiger partial charge in [0.2, 0.25) is 0 Å². The van der Waals surface area contributed by atoms with Crippen molar-refractivity contribution < 1.29 is 9.53 Å². The average Bonchev–Trinajstić information content (AvgIpc) is 2.73. The highest BCUT2D eigenvalue weighted by atomic mass is 16.5. The molecule has 0 aromatic heterocycles. The molecule has 1 aromatic carbocycles. The number of rotatable bonds is 8. The molecule has 2 N–H and O–H groups in total. The predicted molar refractivity (Wildman–Crippen MR) is 115 cm³/mol. The Morgan fingerprint density at radius 3 is 2.79 bits per heavy atom. The summed E-state index contributed by atoms with van der Waals surface area (Å²) in [5, 5.41) is 6.43. The average molecular weight is 389 g/mol. The minimum Gasteiger partial charge on any atom is -0.381 e. The largest absolute Gasteiger partial charge is 0.381 e. The van der Waals surface area contributed by atoms with E-state index in [-0.39, 0.29) is 11.9 Å². The Balaban J connectivity index is 1.85. The van der Waals surface area contributed by atoms with E-state index in [1.54, 1.807) is 0 Å². The second kappa shape index (κ2) is 11.7. The number of carbonyl (C=O) groups excluding carboxylic acids is 1. The number of nitrogens with zero attached hydrogens (tertiary/aromatic N) is 2. The lowest BCUT2D eigenvalue weighted by Crippen LogP contribution is -2.39. The van der Waals surface area contributed by atoms with E-state index < -0.39 is 0 Å². The van der Waals surface area contributed by atoms with Crippen LogP contribution in [0.4, 0.5) is 0 Å². The highest BCUT2D eigenvalue weighted by molar-refractivity contribution is 5.94.